The Hall–Kier alpha value is -0.770. The maximum Gasteiger partial charge on any atom is 0.188 e. The highest BCUT2D eigenvalue weighted by molar-refractivity contribution is 5.78. The minimum Gasteiger partial charge on any atom is -0.370 e. The molecule has 3 N–H and O–H groups in total. The van der Waals surface area contributed by atoms with Gasteiger partial charge in [-0.3, -0.25) is 4.99 Å². The molecule has 1 aliphatic heterocycles. The molecule has 0 amide bonds. The van der Waals surface area contributed by atoms with Crippen LogP contribution in [0.25, 0.3) is 0 Å². The predicted molar refractivity (Wildman–Crippen MR) is 62.9 cm³/mol. The second-order valence-corrected chi connectivity index (χ2v) is 4.67. The third kappa shape index (κ3) is 2.62. The third-order valence-corrected chi connectivity index (χ3v) is 3.61. The molecule has 0 spiro atoms. The summed E-state index contributed by atoms with van der Waals surface area (Å²) in [6, 6.07) is 1.35. The standard InChI is InChI=1S/C11H22N4/c1-13-11(12)14-9-7-10(8-9)15-5-3-2-4-6-15/h9-10H,2-8H2,1H3,(H3,12,13,14). The number of hydrogen-bond donors (Lipinski definition) is 2. The molecule has 15 heavy (non-hydrogen) atoms. The Morgan fingerprint density at radius 3 is 2.53 bits per heavy atom. The molecule has 1 saturated carbocycles. The Labute approximate surface area is 91.9 Å². The van der Waals surface area contributed by atoms with Gasteiger partial charge in [0.2, 0.25) is 0 Å². The Morgan fingerprint density at radius 1 is 1.27 bits per heavy atom. The highest BCUT2D eigenvalue weighted by Crippen LogP contribution is 2.27. The zero-order valence-corrected chi connectivity index (χ0v) is 9.58. The summed E-state index contributed by atoms with van der Waals surface area (Å²) in [7, 11) is 1.73. The highest BCUT2D eigenvalue weighted by Gasteiger charge is 2.34. The SMILES string of the molecule is CN=C(N)NC1CC(N2CCCCC2)C1. The Bertz CT molecular complexity index is 227. The number of nitrogens with zero attached hydrogens (tertiary/aromatic N) is 2. The molecule has 4 heteroatoms. The van der Waals surface area contributed by atoms with Gasteiger partial charge < -0.3 is 16.0 Å². The third-order valence-electron chi connectivity index (χ3n) is 3.61. The average Bonchev–Trinajstić information content (AvgIpc) is 2.23. The topological polar surface area (TPSA) is 53.6 Å². The van der Waals surface area contributed by atoms with Crippen molar-refractivity contribution in [2.24, 2.45) is 10.7 Å². The van der Waals surface area contributed by atoms with Crippen LogP contribution in [-0.2, 0) is 0 Å². The number of rotatable bonds is 2. The van der Waals surface area contributed by atoms with Crippen LogP contribution in [0.2, 0.25) is 0 Å². The van der Waals surface area contributed by atoms with Gasteiger partial charge in [-0.15, -0.1) is 0 Å². The van der Waals surface area contributed by atoms with E-state index in [9.17, 15) is 0 Å². The Morgan fingerprint density at radius 2 is 1.93 bits per heavy atom. The lowest BCUT2D eigenvalue weighted by Gasteiger charge is -2.44. The van der Waals surface area contributed by atoms with Crippen LogP contribution in [0, 0.1) is 0 Å². The normalized spacial score (nSPS) is 33.5. The first-order valence-corrected chi connectivity index (χ1v) is 6.02. The molecule has 86 valence electrons. The van der Waals surface area contributed by atoms with E-state index < -0.39 is 0 Å². The summed E-state index contributed by atoms with van der Waals surface area (Å²) < 4.78 is 0. The van der Waals surface area contributed by atoms with Gasteiger partial charge in [0.15, 0.2) is 5.96 Å². The lowest BCUT2D eigenvalue weighted by molar-refractivity contribution is 0.0846. The number of nitrogens with two attached hydrogens (primary N) is 1. The number of aliphatic imine (C=N–C) groups is 1. The van der Waals surface area contributed by atoms with E-state index in [0.717, 1.165) is 6.04 Å². The van der Waals surface area contributed by atoms with Crippen LogP contribution in [0.5, 0.6) is 0 Å². The van der Waals surface area contributed by atoms with Gasteiger partial charge in [0.1, 0.15) is 0 Å². The highest BCUT2D eigenvalue weighted by atomic mass is 15.2. The van der Waals surface area contributed by atoms with E-state index in [4.69, 9.17) is 5.73 Å². The second-order valence-electron chi connectivity index (χ2n) is 4.67. The van der Waals surface area contributed by atoms with Crippen molar-refractivity contribution < 1.29 is 0 Å². The Kier molecular flexibility index (Phi) is 3.46. The van der Waals surface area contributed by atoms with E-state index in [0.29, 0.717) is 12.0 Å². The van der Waals surface area contributed by atoms with Gasteiger partial charge in [0.05, 0.1) is 0 Å². The molecular formula is C11H22N4. The minimum atomic E-state index is 0.556. The maximum atomic E-state index is 5.63. The summed E-state index contributed by atoms with van der Waals surface area (Å²) in [5, 5.41) is 3.24. The van der Waals surface area contributed by atoms with Gasteiger partial charge >= 0.3 is 0 Å². The zero-order valence-electron chi connectivity index (χ0n) is 9.58. The number of hydrogen-bond acceptors (Lipinski definition) is 2. The van der Waals surface area contributed by atoms with E-state index >= 15 is 0 Å². The van der Waals surface area contributed by atoms with Crippen LogP contribution in [0.3, 0.4) is 0 Å². The lowest BCUT2D eigenvalue weighted by Crippen LogP contribution is -2.56. The van der Waals surface area contributed by atoms with E-state index in [1.54, 1.807) is 7.05 Å². The van der Waals surface area contributed by atoms with Gasteiger partial charge in [-0.25, -0.2) is 0 Å². The molecule has 4 nitrogen and oxygen atoms in total. The van der Waals surface area contributed by atoms with E-state index in [1.807, 2.05) is 0 Å². The summed E-state index contributed by atoms with van der Waals surface area (Å²) in [5.41, 5.74) is 5.63. The smallest absolute Gasteiger partial charge is 0.188 e. The van der Waals surface area contributed by atoms with Crippen LogP contribution in [0.15, 0.2) is 4.99 Å². The first kappa shape index (κ1) is 10.7. The van der Waals surface area contributed by atoms with E-state index in [1.165, 1.54) is 45.2 Å². The van der Waals surface area contributed by atoms with Crippen molar-refractivity contribution in [1.29, 1.82) is 0 Å². The van der Waals surface area contributed by atoms with Gasteiger partial charge in [0, 0.05) is 19.1 Å². The quantitative estimate of drug-likeness (QED) is 0.516. The molecule has 2 aliphatic rings. The number of guanidine groups is 1. The predicted octanol–water partition coefficient (Wildman–Crippen LogP) is 0.537. The van der Waals surface area contributed by atoms with Crippen molar-refractivity contribution >= 4 is 5.96 Å². The maximum absolute atomic E-state index is 5.63. The molecule has 0 aromatic heterocycles. The largest absolute Gasteiger partial charge is 0.370 e. The summed E-state index contributed by atoms with van der Waals surface area (Å²) >= 11 is 0. The summed E-state index contributed by atoms with van der Waals surface area (Å²) in [6.45, 7) is 2.60. The fraction of sp³-hybridized carbons (Fsp3) is 0.909. The zero-order chi connectivity index (χ0) is 10.7. The molecule has 0 atom stereocenters. The van der Waals surface area contributed by atoms with Crippen LogP contribution in [0.1, 0.15) is 32.1 Å². The molecule has 0 aromatic rings. The molecule has 0 radical (unpaired) electrons. The molecule has 1 saturated heterocycles. The minimum absolute atomic E-state index is 0.556. The molecular weight excluding hydrogens is 188 g/mol. The molecule has 2 fully saturated rings. The molecule has 0 aromatic carbocycles. The summed E-state index contributed by atoms with van der Waals surface area (Å²) in [6.07, 6.45) is 6.65. The second kappa shape index (κ2) is 4.84. The van der Waals surface area contributed by atoms with Crippen LogP contribution >= 0.6 is 0 Å². The fourth-order valence-electron chi connectivity index (χ4n) is 2.56. The van der Waals surface area contributed by atoms with Crippen LogP contribution in [0.4, 0.5) is 0 Å². The summed E-state index contributed by atoms with van der Waals surface area (Å²) in [5.74, 6) is 0.581. The van der Waals surface area contributed by atoms with E-state index in [2.05, 4.69) is 15.2 Å². The van der Waals surface area contributed by atoms with Gasteiger partial charge in [0.25, 0.3) is 0 Å². The summed E-state index contributed by atoms with van der Waals surface area (Å²) in [4.78, 5) is 6.56. The Balaban J connectivity index is 1.68. The first-order chi connectivity index (χ1) is 7.29. The fourth-order valence-corrected chi connectivity index (χ4v) is 2.56. The first-order valence-electron chi connectivity index (χ1n) is 6.02. The number of likely N-dealkylation sites (tertiary alicyclic amines) is 1. The van der Waals surface area contributed by atoms with Crippen molar-refractivity contribution in [3.63, 3.8) is 0 Å². The number of piperidine rings is 1. The van der Waals surface area contributed by atoms with Crippen LogP contribution < -0.4 is 11.1 Å². The molecule has 0 unspecified atom stereocenters. The van der Waals surface area contributed by atoms with Gasteiger partial charge in [-0.05, 0) is 38.8 Å². The molecule has 1 heterocycles. The molecule has 2 rings (SSSR count). The molecule has 0 bridgehead atoms. The van der Waals surface area contributed by atoms with E-state index in [-0.39, 0.29) is 0 Å². The van der Waals surface area contributed by atoms with Crippen molar-refractivity contribution in [1.82, 2.24) is 10.2 Å². The van der Waals surface area contributed by atoms with Gasteiger partial charge in [-0.2, -0.15) is 0 Å². The number of nitrogens with one attached hydrogen (secondary N) is 1. The van der Waals surface area contributed by atoms with Crippen molar-refractivity contribution in [3.05, 3.63) is 0 Å². The monoisotopic (exact) mass is 210 g/mol. The molecule has 1 aliphatic carbocycles. The van der Waals surface area contributed by atoms with Crippen molar-refractivity contribution in [3.8, 4) is 0 Å². The van der Waals surface area contributed by atoms with Gasteiger partial charge in [-0.1, -0.05) is 6.42 Å². The van der Waals surface area contributed by atoms with Crippen molar-refractivity contribution in [2.45, 2.75) is 44.2 Å². The average molecular weight is 210 g/mol. The lowest BCUT2D eigenvalue weighted by atomic mass is 9.84. The van der Waals surface area contributed by atoms with Crippen molar-refractivity contribution in [2.75, 3.05) is 20.1 Å². The van der Waals surface area contributed by atoms with Crippen LogP contribution in [-0.4, -0.2) is 43.1 Å².